The quantitative estimate of drug-likeness (QED) is 0.749. The fraction of sp³-hybridized carbons (Fsp3) is 0.357. The minimum absolute atomic E-state index is 0.144. The van der Waals surface area contributed by atoms with Crippen molar-refractivity contribution in [3.05, 3.63) is 30.0 Å². The second-order valence-corrected chi connectivity index (χ2v) is 4.71. The van der Waals surface area contributed by atoms with Crippen LogP contribution < -0.4 is 5.32 Å². The zero-order valence-electron chi connectivity index (χ0n) is 11.2. The van der Waals surface area contributed by atoms with E-state index >= 15 is 0 Å². The van der Waals surface area contributed by atoms with Gasteiger partial charge >= 0.3 is 5.97 Å². The molecule has 1 heterocycles. The van der Waals surface area contributed by atoms with Crippen LogP contribution in [0.25, 0.3) is 10.9 Å². The summed E-state index contributed by atoms with van der Waals surface area (Å²) in [6.07, 6.45) is 2.97. The molecule has 20 heavy (non-hydrogen) atoms. The number of carbonyl (C=O) groups is 2. The predicted molar refractivity (Wildman–Crippen MR) is 74.5 cm³/mol. The van der Waals surface area contributed by atoms with Crippen molar-refractivity contribution in [3.8, 4) is 0 Å². The van der Waals surface area contributed by atoms with Gasteiger partial charge in [-0.2, -0.15) is 5.10 Å². The summed E-state index contributed by atoms with van der Waals surface area (Å²) in [6, 6.07) is 5.19. The Balaban J connectivity index is 2.02. The maximum absolute atomic E-state index is 12.0. The summed E-state index contributed by atoms with van der Waals surface area (Å²) in [5.41, 5.74) is 1.36. The van der Waals surface area contributed by atoms with Gasteiger partial charge in [0.15, 0.2) is 0 Å². The van der Waals surface area contributed by atoms with Crippen LogP contribution in [0.5, 0.6) is 0 Å². The number of nitrogens with one attached hydrogen (secondary N) is 2. The smallest absolute Gasteiger partial charge is 0.308 e. The van der Waals surface area contributed by atoms with Crippen LogP contribution in [0.4, 0.5) is 0 Å². The number of nitrogens with zero attached hydrogens (tertiary/aromatic N) is 1. The van der Waals surface area contributed by atoms with Crippen LogP contribution in [0.1, 0.15) is 30.1 Å². The van der Waals surface area contributed by atoms with E-state index in [0.717, 1.165) is 17.3 Å². The fourth-order valence-electron chi connectivity index (χ4n) is 2.06. The Labute approximate surface area is 116 Å². The van der Waals surface area contributed by atoms with Crippen LogP contribution >= 0.6 is 0 Å². The van der Waals surface area contributed by atoms with Crippen LogP contribution in [-0.4, -0.2) is 33.7 Å². The molecule has 0 aliphatic heterocycles. The second kappa shape index (κ2) is 6.18. The molecule has 0 aliphatic carbocycles. The van der Waals surface area contributed by atoms with Crippen LogP contribution in [0.3, 0.4) is 0 Å². The molecule has 2 rings (SSSR count). The Morgan fingerprint density at radius 1 is 1.45 bits per heavy atom. The third-order valence-corrected chi connectivity index (χ3v) is 3.20. The minimum atomic E-state index is -0.877. The monoisotopic (exact) mass is 275 g/mol. The number of amides is 1. The molecule has 0 bridgehead atoms. The van der Waals surface area contributed by atoms with Gasteiger partial charge in [0.2, 0.25) is 0 Å². The SMILES string of the molecule is CCCC(CNC(=O)c1ccc2[nH]ncc2c1)C(=O)O. The van der Waals surface area contributed by atoms with Crippen molar-refractivity contribution in [2.45, 2.75) is 19.8 Å². The van der Waals surface area contributed by atoms with Gasteiger partial charge in [-0.25, -0.2) is 0 Å². The van der Waals surface area contributed by atoms with E-state index in [1.165, 1.54) is 0 Å². The first-order valence-electron chi connectivity index (χ1n) is 6.56. The maximum atomic E-state index is 12.0. The molecule has 1 amide bonds. The highest BCUT2D eigenvalue weighted by Crippen LogP contribution is 2.13. The molecule has 6 nitrogen and oxygen atoms in total. The number of carbonyl (C=O) groups excluding carboxylic acids is 1. The largest absolute Gasteiger partial charge is 0.481 e. The van der Waals surface area contributed by atoms with Gasteiger partial charge in [0.1, 0.15) is 0 Å². The van der Waals surface area contributed by atoms with Gasteiger partial charge in [-0.05, 0) is 24.6 Å². The summed E-state index contributed by atoms with van der Waals surface area (Å²) >= 11 is 0. The zero-order valence-corrected chi connectivity index (χ0v) is 11.2. The first-order chi connectivity index (χ1) is 9.61. The number of aliphatic carboxylic acids is 1. The number of hydrogen-bond donors (Lipinski definition) is 3. The van der Waals surface area contributed by atoms with Gasteiger partial charge in [0.25, 0.3) is 5.91 Å². The number of rotatable bonds is 6. The average Bonchev–Trinajstić information content (AvgIpc) is 2.89. The highest BCUT2D eigenvalue weighted by molar-refractivity contribution is 5.98. The highest BCUT2D eigenvalue weighted by atomic mass is 16.4. The van der Waals surface area contributed by atoms with Crippen molar-refractivity contribution in [1.82, 2.24) is 15.5 Å². The van der Waals surface area contributed by atoms with Gasteiger partial charge in [-0.3, -0.25) is 14.7 Å². The van der Waals surface area contributed by atoms with Gasteiger partial charge < -0.3 is 10.4 Å². The summed E-state index contributed by atoms with van der Waals surface area (Å²) < 4.78 is 0. The number of benzene rings is 1. The van der Waals surface area contributed by atoms with Gasteiger partial charge in [0.05, 0.1) is 17.6 Å². The van der Waals surface area contributed by atoms with Gasteiger partial charge in [-0.1, -0.05) is 13.3 Å². The number of carboxylic acids is 1. The molecule has 1 atom stereocenters. The van der Waals surface area contributed by atoms with Crippen LogP contribution in [0.15, 0.2) is 24.4 Å². The standard InChI is InChI=1S/C14H17N3O3/c1-2-3-10(14(19)20)7-15-13(18)9-4-5-12-11(6-9)8-16-17-12/h4-6,8,10H,2-3,7H2,1H3,(H,15,18)(H,16,17)(H,19,20). The third kappa shape index (κ3) is 3.14. The lowest BCUT2D eigenvalue weighted by molar-refractivity contribution is -0.141. The van der Waals surface area contributed by atoms with E-state index in [2.05, 4.69) is 15.5 Å². The lowest BCUT2D eigenvalue weighted by atomic mass is 10.0. The Morgan fingerprint density at radius 2 is 2.25 bits per heavy atom. The van der Waals surface area contributed by atoms with Crippen LogP contribution in [-0.2, 0) is 4.79 Å². The Kier molecular flexibility index (Phi) is 4.34. The van der Waals surface area contributed by atoms with E-state index in [9.17, 15) is 9.59 Å². The van der Waals surface area contributed by atoms with E-state index in [1.54, 1.807) is 24.4 Å². The third-order valence-electron chi connectivity index (χ3n) is 3.20. The molecule has 0 spiro atoms. The summed E-state index contributed by atoms with van der Waals surface area (Å²) in [4.78, 5) is 23.0. The molecule has 1 aromatic heterocycles. The van der Waals surface area contributed by atoms with Crippen LogP contribution in [0, 0.1) is 5.92 Å². The van der Waals surface area contributed by atoms with Crippen LogP contribution in [0.2, 0.25) is 0 Å². The summed E-state index contributed by atoms with van der Waals surface area (Å²) in [6.45, 7) is 2.07. The summed E-state index contributed by atoms with van der Waals surface area (Å²) in [5, 5.41) is 19.3. The van der Waals surface area contributed by atoms with Crippen molar-refractivity contribution >= 4 is 22.8 Å². The van der Waals surface area contributed by atoms with Gasteiger partial charge in [-0.15, -0.1) is 0 Å². The highest BCUT2D eigenvalue weighted by Gasteiger charge is 2.17. The number of aromatic amines is 1. The van der Waals surface area contributed by atoms with E-state index in [0.29, 0.717) is 12.0 Å². The molecule has 0 saturated carbocycles. The molecule has 0 aliphatic rings. The average molecular weight is 275 g/mol. The number of H-pyrrole nitrogens is 1. The van der Waals surface area contributed by atoms with E-state index in [4.69, 9.17) is 5.11 Å². The summed E-state index contributed by atoms with van der Waals surface area (Å²) in [5.74, 6) is -1.69. The normalized spacial score (nSPS) is 12.2. The molecule has 2 aromatic rings. The van der Waals surface area contributed by atoms with E-state index in [-0.39, 0.29) is 12.5 Å². The maximum Gasteiger partial charge on any atom is 0.308 e. The molecule has 6 heteroatoms. The lowest BCUT2D eigenvalue weighted by Crippen LogP contribution is -2.32. The number of aromatic nitrogens is 2. The van der Waals surface area contributed by atoms with Crippen molar-refractivity contribution in [2.24, 2.45) is 5.92 Å². The topological polar surface area (TPSA) is 95.1 Å². The molecular weight excluding hydrogens is 258 g/mol. The Hall–Kier alpha value is -2.37. The molecule has 1 aromatic carbocycles. The predicted octanol–water partition coefficient (Wildman–Crippen LogP) is 1.79. The molecule has 106 valence electrons. The van der Waals surface area contributed by atoms with Crippen molar-refractivity contribution in [2.75, 3.05) is 6.54 Å². The van der Waals surface area contributed by atoms with Gasteiger partial charge in [0, 0.05) is 17.5 Å². The molecule has 1 unspecified atom stereocenters. The summed E-state index contributed by atoms with van der Waals surface area (Å²) in [7, 11) is 0. The lowest BCUT2D eigenvalue weighted by Gasteiger charge is -2.12. The number of hydrogen-bond acceptors (Lipinski definition) is 3. The first kappa shape index (κ1) is 14.0. The Morgan fingerprint density at radius 3 is 2.95 bits per heavy atom. The number of fused-ring (bicyclic) bond motifs is 1. The second-order valence-electron chi connectivity index (χ2n) is 4.71. The molecule has 0 saturated heterocycles. The fourth-order valence-corrected chi connectivity index (χ4v) is 2.06. The molecular formula is C14H17N3O3. The van der Waals surface area contributed by atoms with Crippen molar-refractivity contribution in [1.29, 1.82) is 0 Å². The van der Waals surface area contributed by atoms with E-state index in [1.807, 2.05) is 6.92 Å². The molecule has 3 N–H and O–H groups in total. The number of carboxylic acid groups (broad SMARTS) is 1. The Bertz CT molecular complexity index is 621. The van der Waals surface area contributed by atoms with Crippen molar-refractivity contribution in [3.63, 3.8) is 0 Å². The molecule has 0 fully saturated rings. The molecule has 0 radical (unpaired) electrons. The van der Waals surface area contributed by atoms with Crippen molar-refractivity contribution < 1.29 is 14.7 Å². The zero-order chi connectivity index (χ0) is 14.5. The minimum Gasteiger partial charge on any atom is -0.481 e. The van der Waals surface area contributed by atoms with E-state index < -0.39 is 11.9 Å². The first-order valence-corrected chi connectivity index (χ1v) is 6.56.